The normalized spacial score (nSPS) is 17.7. The quantitative estimate of drug-likeness (QED) is 0.711. The summed E-state index contributed by atoms with van der Waals surface area (Å²) in [5.74, 6) is 2.10. The molecule has 0 aromatic carbocycles. The van der Waals surface area contributed by atoms with Crippen LogP contribution in [-0.2, 0) is 11.3 Å². The zero-order valence-electron chi connectivity index (χ0n) is 14.2. The molecule has 4 rings (SSSR count). The van der Waals surface area contributed by atoms with E-state index in [0.717, 1.165) is 49.3 Å². The smallest absolute Gasteiger partial charge is 0.226 e. The summed E-state index contributed by atoms with van der Waals surface area (Å²) in [6.45, 7) is 4.08. The average molecular weight is 342 g/mol. The van der Waals surface area contributed by atoms with Crippen molar-refractivity contribution in [3.8, 4) is 0 Å². The molecule has 0 saturated carbocycles. The minimum atomic E-state index is -0.0129. The molecule has 0 amide bonds. The van der Waals surface area contributed by atoms with Gasteiger partial charge in [0.1, 0.15) is 12.0 Å². The molecule has 3 aromatic rings. The fourth-order valence-corrected chi connectivity index (χ4v) is 3.01. The Morgan fingerprint density at radius 3 is 3.00 bits per heavy atom. The van der Waals surface area contributed by atoms with Crippen molar-refractivity contribution in [1.82, 2.24) is 19.5 Å². The van der Waals surface area contributed by atoms with Gasteiger partial charge in [-0.25, -0.2) is 4.98 Å². The van der Waals surface area contributed by atoms with Crippen LogP contribution in [0.3, 0.4) is 0 Å². The van der Waals surface area contributed by atoms with E-state index in [4.69, 9.17) is 9.15 Å². The second-order valence-electron chi connectivity index (χ2n) is 6.00. The first-order valence-electron chi connectivity index (χ1n) is 8.71. The van der Waals surface area contributed by atoms with Crippen LogP contribution in [0.2, 0.25) is 0 Å². The van der Waals surface area contributed by atoms with E-state index in [9.17, 15) is 0 Å². The highest BCUT2D eigenvalue weighted by atomic mass is 16.5. The van der Waals surface area contributed by atoms with Gasteiger partial charge >= 0.3 is 0 Å². The van der Waals surface area contributed by atoms with E-state index in [2.05, 4.69) is 25.6 Å². The van der Waals surface area contributed by atoms with Gasteiger partial charge in [0, 0.05) is 13.2 Å². The summed E-state index contributed by atoms with van der Waals surface area (Å²) >= 11 is 0. The Hall–Kier alpha value is -2.61. The zero-order chi connectivity index (χ0) is 17.1. The van der Waals surface area contributed by atoms with Crippen LogP contribution in [0.15, 0.2) is 29.1 Å². The number of aromatic nitrogens is 4. The van der Waals surface area contributed by atoms with Gasteiger partial charge in [0.25, 0.3) is 0 Å². The lowest BCUT2D eigenvalue weighted by atomic mass is 10.2. The van der Waals surface area contributed by atoms with E-state index in [-0.39, 0.29) is 6.23 Å². The van der Waals surface area contributed by atoms with E-state index in [1.807, 2.05) is 23.6 Å². The van der Waals surface area contributed by atoms with Crippen molar-refractivity contribution in [2.24, 2.45) is 0 Å². The number of rotatable bonds is 6. The minimum Gasteiger partial charge on any atom is -0.467 e. The van der Waals surface area contributed by atoms with Crippen LogP contribution in [0.1, 0.15) is 38.2 Å². The lowest BCUT2D eigenvalue weighted by Crippen LogP contribution is -2.18. The second-order valence-corrected chi connectivity index (χ2v) is 6.00. The van der Waals surface area contributed by atoms with Crippen LogP contribution in [-0.4, -0.2) is 32.7 Å². The molecule has 1 atom stereocenters. The molecule has 0 bridgehead atoms. The Kier molecular flexibility index (Phi) is 4.51. The highest BCUT2D eigenvalue weighted by Crippen LogP contribution is 2.28. The minimum absolute atomic E-state index is 0.0129. The summed E-state index contributed by atoms with van der Waals surface area (Å²) in [6.07, 6.45) is 6.67. The second kappa shape index (κ2) is 7.10. The van der Waals surface area contributed by atoms with Crippen LogP contribution < -0.4 is 10.6 Å². The summed E-state index contributed by atoms with van der Waals surface area (Å²) in [4.78, 5) is 13.7. The molecule has 1 aliphatic rings. The molecular formula is C17H22N6O2. The molecule has 1 fully saturated rings. The molecule has 0 aliphatic carbocycles. The predicted octanol–water partition coefficient (Wildman–Crippen LogP) is 3.16. The van der Waals surface area contributed by atoms with Crippen molar-refractivity contribution in [3.05, 3.63) is 30.5 Å². The zero-order valence-corrected chi connectivity index (χ0v) is 14.2. The van der Waals surface area contributed by atoms with Gasteiger partial charge in [-0.1, -0.05) is 0 Å². The molecule has 0 spiro atoms. The molecule has 8 nitrogen and oxygen atoms in total. The number of hydrogen-bond acceptors (Lipinski definition) is 7. The van der Waals surface area contributed by atoms with Gasteiger partial charge in [-0.15, -0.1) is 0 Å². The highest BCUT2D eigenvalue weighted by Gasteiger charge is 2.21. The molecule has 4 heterocycles. The number of fused-ring (bicyclic) bond motifs is 1. The lowest BCUT2D eigenvalue weighted by Gasteiger charge is -2.23. The summed E-state index contributed by atoms with van der Waals surface area (Å²) in [6, 6.07) is 3.79. The first kappa shape index (κ1) is 15.9. The Morgan fingerprint density at radius 1 is 1.28 bits per heavy atom. The maximum absolute atomic E-state index is 5.90. The Bertz CT molecular complexity index is 823. The number of nitrogens with zero attached hydrogens (tertiary/aromatic N) is 4. The number of imidazole rings is 1. The standard InChI is InChI=1S/C17H22N6O2/c1-2-18-17-21-15(19-10-12-6-5-9-24-12)14-16(22-17)23(11-20-14)13-7-3-4-8-25-13/h5-6,9,11,13H,2-4,7-8,10H2,1H3,(H2,18,19,21,22). The Labute approximate surface area is 145 Å². The highest BCUT2D eigenvalue weighted by molar-refractivity contribution is 5.84. The first-order chi connectivity index (χ1) is 12.3. The molecule has 1 saturated heterocycles. The summed E-state index contributed by atoms with van der Waals surface area (Å²) in [5, 5.41) is 6.49. The number of furan rings is 1. The molecule has 1 unspecified atom stereocenters. The van der Waals surface area contributed by atoms with E-state index in [1.54, 1.807) is 12.6 Å². The summed E-state index contributed by atoms with van der Waals surface area (Å²) in [7, 11) is 0. The Morgan fingerprint density at radius 2 is 2.24 bits per heavy atom. The van der Waals surface area contributed by atoms with Crippen molar-refractivity contribution >= 4 is 22.9 Å². The monoisotopic (exact) mass is 342 g/mol. The number of hydrogen-bond donors (Lipinski definition) is 2. The average Bonchev–Trinajstić information content (AvgIpc) is 3.30. The SMILES string of the molecule is CCNc1nc(NCc2ccco2)c2ncn(C3CCCCO3)c2n1. The maximum atomic E-state index is 5.90. The number of nitrogens with one attached hydrogen (secondary N) is 2. The van der Waals surface area contributed by atoms with Gasteiger partial charge in [0.05, 0.1) is 19.1 Å². The Balaban J connectivity index is 1.69. The van der Waals surface area contributed by atoms with Gasteiger partial charge in [0.2, 0.25) is 5.95 Å². The summed E-state index contributed by atoms with van der Waals surface area (Å²) in [5.41, 5.74) is 1.52. The van der Waals surface area contributed by atoms with Crippen LogP contribution in [0.25, 0.3) is 11.2 Å². The van der Waals surface area contributed by atoms with Crippen LogP contribution in [0.4, 0.5) is 11.8 Å². The molecule has 0 radical (unpaired) electrons. The maximum Gasteiger partial charge on any atom is 0.226 e. The van der Waals surface area contributed by atoms with Crippen molar-refractivity contribution < 1.29 is 9.15 Å². The third-order valence-electron chi connectivity index (χ3n) is 4.23. The molecule has 3 aromatic heterocycles. The van der Waals surface area contributed by atoms with Crippen molar-refractivity contribution in [2.75, 3.05) is 23.8 Å². The topological polar surface area (TPSA) is 90.0 Å². The van der Waals surface area contributed by atoms with E-state index in [0.29, 0.717) is 18.3 Å². The number of anilines is 2. The van der Waals surface area contributed by atoms with E-state index in [1.165, 1.54) is 0 Å². The predicted molar refractivity (Wildman–Crippen MR) is 94.4 cm³/mol. The summed E-state index contributed by atoms with van der Waals surface area (Å²) < 4.78 is 13.3. The van der Waals surface area contributed by atoms with Crippen LogP contribution in [0, 0.1) is 0 Å². The first-order valence-corrected chi connectivity index (χ1v) is 8.71. The van der Waals surface area contributed by atoms with Gasteiger partial charge in [-0.05, 0) is 38.3 Å². The van der Waals surface area contributed by atoms with E-state index < -0.39 is 0 Å². The largest absolute Gasteiger partial charge is 0.467 e. The van der Waals surface area contributed by atoms with Gasteiger partial charge in [-0.3, -0.25) is 4.57 Å². The third-order valence-corrected chi connectivity index (χ3v) is 4.23. The fraction of sp³-hybridized carbons (Fsp3) is 0.471. The van der Waals surface area contributed by atoms with Crippen molar-refractivity contribution in [3.63, 3.8) is 0 Å². The fourth-order valence-electron chi connectivity index (χ4n) is 3.01. The van der Waals surface area contributed by atoms with Gasteiger partial charge < -0.3 is 19.8 Å². The van der Waals surface area contributed by atoms with E-state index >= 15 is 0 Å². The molecule has 132 valence electrons. The van der Waals surface area contributed by atoms with Gasteiger partial charge in [0.15, 0.2) is 17.0 Å². The van der Waals surface area contributed by atoms with Crippen LogP contribution in [0.5, 0.6) is 0 Å². The van der Waals surface area contributed by atoms with Gasteiger partial charge in [-0.2, -0.15) is 9.97 Å². The lowest BCUT2D eigenvalue weighted by molar-refractivity contribution is -0.0298. The van der Waals surface area contributed by atoms with Crippen LogP contribution >= 0.6 is 0 Å². The molecule has 1 aliphatic heterocycles. The molecule has 8 heteroatoms. The molecule has 2 N–H and O–H groups in total. The molecule has 25 heavy (non-hydrogen) atoms. The number of ether oxygens (including phenoxy) is 1. The van der Waals surface area contributed by atoms with Crippen molar-refractivity contribution in [1.29, 1.82) is 0 Å². The van der Waals surface area contributed by atoms with Crippen molar-refractivity contribution in [2.45, 2.75) is 39.0 Å². The third kappa shape index (κ3) is 3.30. The molecular weight excluding hydrogens is 320 g/mol.